The van der Waals surface area contributed by atoms with Crippen LogP contribution in [0.15, 0.2) is 0 Å². The van der Waals surface area contributed by atoms with Gasteiger partial charge in [-0.25, -0.2) is 0 Å². The molecule has 0 aliphatic heterocycles. The molecule has 1 heteroatoms. The van der Waals surface area contributed by atoms with E-state index in [2.05, 4.69) is 46.9 Å². The lowest BCUT2D eigenvalue weighted by atomic mass is 9.69. The van der Waals surface area contributed by atoms with Crippen LogP contribution in [0.25, 0.3) is 0 Å². The van der Waals surface area contributed by atoms with E-state index in [1.54, 1.807) is 0 Å². The summed E-state index contributed by atoms with van der Waals surface area (Å²) in [6.45, 7) is 16.6. The van der Waals surface area contributed by atoms with Gasteiger partial charge in [-0.15, -0.1) is 0 Å². The summed E-state index contributed by atoms with van der Waals surface area (Å²) in [6.07, 6.45) is 10.1. The van der Waals surface area contributed by atoms with E-state index in [0.29, 0.717) is 5.41 Å². The summed E-state index contributed by atoms with van der Waals surface area (Å²) in [6, 6.07) is 0. The van der Waals surface area contributed by atoms with Crippen molar-refractivity contribution in [3.8, 4) is 0 Å². The second kappa shape index (κ2) is 9.18. The lowest BCUT2D eigenvalue weighted by Gasteiger charge is -2.38. The monoisotopic (exact) mass is 295 g/mol. The molecule has 3 unspecified atom stereocenters. The summed E-state index contributed by atoms with van der Waals surface area (Å²) in [4.78, 5) is 0. The van der Waals surface area contributed by atoms with Crippen molar-refractivity contribution < 1.29 is 0 Å². The molecular formula is C20H41N. The third-order valence-corrected chi connectivity index (χ3v) is 5.17. The maximum atomic E-state index is 3.73. The summed E-state index contributed by atoms with van der Waals surface area (Å²) < 4.78 is 0. The van der Waals surface area contributed by atoms with Crippen molar-refractivity contribution >= 4 is 0 Å². The highest BCUT2D eigenvalue weighted by molar-refractivity contribution is 4.82. The van der Waals surface area contributed by atoms with Crippen molar-refractivity contribution in [1.82, 2.24) is 5.32 Å². The number of hydrogen-bond acceptors (Lipinski definition) is 1. The molecular weight excluding hydrogens is 254 g/mol. The fourth-order valence-corrected chi connectivity index (χ4v) is 3.89. The lowest BCUT2D eigenvalue weighted by molar-refractivity contribution is 0.144. The first kappa shape index (κ1) is 19.0. The van der Waals surface area contributed by atoms with Crippen molar-refractivity contribution in [1.29, 1.82) is 0 Å². The molecule has 0 saturated heterocycles. The Morgan fingerprint density at radius 3 is 2.33 bits per heavy atom. The van der Waals surface area contributed by atoms with Gasteiger partial charge >= 0.3 is 0 Å². The summed E-state index contributed by atoms with van der Waals surface area (Å²) in [5.41, 5.74) is 0.494. The Balaban J connectivity index is 2.48. The van der Waals surface area contributed by atoms with E-state index in [-0.39, 0.29) is 0 Å². The van der Waals surface area contributed by atoms with Crippen LogP contribution in [-0.2, 0) is 0 Å². The fourth-order valence-electron chi connectivity index (χ4n) is 3.89. The zero-order chi connectivity index (χ0) is 15.9. The van der Waals surface area contributed by atoms with Crippen LogP contribution in [0.4, 0.5) is 0 Å². The summed E-state index contributed by atoms with van der Waals surface area (Å²) >= 11 is 0. The van der Waals surface area contributed by atoms with Crippen molar-refractivity contribution in [2.45, 2.75) is 86.5 Å². The molecule has 0 heterocycles. The molecule has 126 valence electrons. The third kappa shape index (κ3) is 8.24. The molecule has 1 aliphatic rings. The maximum Gasteiger partial charge on any atom is -0.00178 e. The molecule has 0 bridgehead atoms. The van der Waals surface area contributed by atoms with E-state index >= 15 is 0 Å². The molecule has 3 atom stereocenters. The predicted octanol–water partition coefficient (Wildman–Crippen LogP) is 5.89. The highest BCUT2D eigenvalue weighted by Gasteiger charge is 2.30. The SMILES string of the molecule is CCCC1CCC(CNCC(C)C)C(CCC(C)(C)C)C1. The van der Waals surface area contributed by atoms with Crippen LogP contribution in [0.5, 0.6) is 0 Å². The van der Waals surface area contributed by atoms with E-state index in [1.165, 1.54) is 58.0 Å². The summed E-state index contributed by atoms with van der Waals surface area (Å²) in [7, 11) is 0. The van der Waals surface area contributed by atoms with Gasteiger partial charge in [-0.2, -0.15) is 0 Å². The standard InChI is InChI=1S/C20H41N/c1-7-8-17-9-10-19(15-21-14-16(2)3)18(13-17)11-12-20(4,5)6/h16-19,21H,7-15H2,1-6H3. The molecule has 21 heavy (non-hydrogen) atoms. The van der Waals surface area contributed by atoms with Crippen LogP contribution in [0, 0.1) is 29.1 Å². The van der Waals surface area contributed by atoms with E-state index < -0.39 is 0 Å². The van der Waals surface area contributed by atoms with Gasteiger partial charge < -0.3 is 5.32 Å². The van der Waals surface area contributed by atoms with Crippen LogP contribution >= 0.6 is 0 Å². The van der Waals surface area contributed by atoms with Crippen molar-refractivity contribution in [3.05, 3.63) is 0 Å². The molecule has 0 amide bonds. The molecule has 0 aromatic heterocycles. The minimum atomic E-state index is 0.494. The molecule has 1 aliphatic carbocycles. The first-order chi connectivity index (χ1) is 9.81. The molecule has 1 nitrogen and oxygen atoms in total. The van der Waals surface area contributed by atoms with Gasteiger partial charge in [0.05, 0.1) is 0 Å². The van der Waals surface area contributed by atoms with Crippen molar-refractivity contribution in [3.63, 3.8) is 0 Å². The first-order valence-electron chi connectivity index (χ1n) is 9.52. The zero-order valence-corrected chi connectivity index (χ0v) is 15.7. The second-order valence-electron chi connectivity index (χ2n) is 9.14. The Bertz CT molecular complexity index is 264. The topological polar surface area (TPSA) is 12.0 Å². The van der Waals surface area contributed by atoms with Gasteiger partial charge in [0.2, 0.25) is 0 Å². The van der Waals surface area contributed by atoms with Gasteiger partial charge in [0.1, 0.15) is 0 Å². The maximum absolute atomic E-state index is 3.73. The second-order valence-corrected chi connectivity index (χ2v) is 9.14. The first-order valence-corrected chi connectivity index (χ1v) is 9.52. The molecule has 1 N–H and O–H groups in total. The number of rotatable bonds is 8. The number of hydrogen-bond donors (Lipinski definition) is 1. The molecule has 0 spiro atoms. The van der Waals surface area contributed by atoms with E-state index in [1.807, 2.05) is 0 Å². The van der Waals surface area contributed by atoms with Gasteiger partial charge in [-0.05, 0) is 67.9 Å². The minimum Gasteiger partial charge on any atom is -0.316 e. The van der Waals surface area contributed by atoms with Gasteiger partial charge in [0.15, 0.2) is 0 Å². The molecule has 1 saturated carbocycles. The Morgan fingerprint density at radius 1 is 1.05 bits per heavy atom. The highest BCUT2D eigenvalue weighted by Crippen LogP contribution is 2.40. The van der Waals surface area contributed by atoms with E-state index in [0.717, 1.165) is 23.7 Å². The largest absolute Gasteiger partial charge is 0.316 e. The molecule has 0 aromatic carbocycles. The third-order valence-electron chi connectivity index (χ3n) is 5.17. The summed E-state index contributed by atoms with van der Waals surface area (Å²) in [5.74, 6) is 3.68. The highest BCUT2D eigenvalue weighted by atomic mass is 14.9. The molecule has 0 radical (unpaired) electrons. The van der Waals surface area contributed by atoms with Gasteiger partial charge in [-0.1, -0.05) is 60.8 Å². The quantitative estimate of drug-likeness (QED) is 0.588. The van der Waals surface area contributed by atoms with Crippen molar-refractivity contribution in [2.75, 3.05) is 13.1 Å². The number of nitrogens with one attached hydrogen (secondary N) is 1. The van der Waals surface area contributed by atoms with Crippen LogP contribution in [-0.4, -0.2) is 13.1 Å². The molecule has 0 aromatic rings. The Morgan fingerprint density at radius 2 is 1.76 bits per heavy atom. The Labute approximate surface area is 134 Å². The molecule has 1 rings (SSSR count). The smallest absolute Gasteiger partial charge is 0.00178 e. The van der Waals surface area contributed by atoms with Gasteiger partial charge in [0.25, 0.3) is 0 Å². The summed E-state index contributed by atoms with van der Waals surface area (Å²) in [5, 5.41) is 3.73. The Hall–Kier alpha value is -0.0400. The normalized spacial score (nSPS) is 27.3. The van der Waals surface area contributed by atoms with Crippen LogP contribution in [0.1, 0.15) is 86.5 Å². The van der Waals surface area contributed by atoms with E-state index in [9.17, 15) is 0 Å². The van der Waals surface area contributed by atoms with Gasteiger partial charge in [0, 0.05) is 0 Å². The Kier molecular flexibility index (Phi) is 8.31. The van der Waals surface area contributed by atoms with Crippen molar-refractivity contribution in [2.24, 2.45) is 29.1 Å². The lowest BCUT2D eigenvalue weighted by Crippen LogP contribution is -2.35. The predicted molar refractivity (Wildman–Crippen MR) is 95.6 cm³/mol. The average Bonchev–Trinajstić information content (AvgIpc) is 2.37. The van der Waals surface area contributed by atoms with Crippen LogP contribution in [0.2, 0.25) is 0 Å². The average molecular weight is 296 g/mol. The van der Waals surface area contributed by atoms with Crippen LogP contribution < -0.4 is 5.32 Å². The zero-order valence-electron chi connectivity index (χ0n) is 15.7. The minimum absolute atomic E-state index is 0.494. The van der Waals surface area contributed by atoms with Gasteiger partial charge in [-0.3, -0.25) is 0 Å². The fraction of sp³-hybridized carbons (Fsp3) is 1.00. The van der Waals surface area contributed by atoms with Crippen LogP contribution in [0.3, 0.4) is 0 Å². The van der Waals surface area contributed by atoms with E-state index in [4.69, 9.17) is 0 Å². The molecule has 1 fully saturated rings.